The molecule has 1 unspecified atom stereocenters. The number of carbonyl (C=O) groups excluding carboxylic acids is 1. The van der Waals surface area contributed by atoms with Gasteiger partial charge in [0.15, 0.2) is 0 Å². The van der Waals surface area contributed by atoms with Gasteiger partial charge in [-0.15, -0.1) is 11.8 Å². The second kappa shape index (κ2) is 7.20. The van der Waals surface area contributed by atoms with Crippen molar-refractivity contribution >= 4 is 17.7 Å². The van der Waals surface area contributed by atoms with Crippen LogP contribution in [-0.4, -0.2) is 18.6 Å². The lowest BCUT2D eigenvalue weighted by molar-refractivity contribution is -0.145. The number of ether oxygens (including phenoxy) is 1. The predicted molar refractivity (Wildman–Crippen MR) is 93.5 cm³/mol. The number of thioether (sulfide) groups is 1. The van der Waals surface area contributed by atoms with E-state index in [1.807, 2.05) is 25.6 Å². The maximum Gasteiger partial charge on any atom is 0.322 e. The Kier molecular flexibility index (Phi) is 5.03. The average molecular weight is 327 g/mol. The van der Waals surface area contributed by atoms with Gasteiger partial charge in [-0.1, -0.05) is 42.5 Å². The van der Waals surface area contributed by atoms with Crippen molar-refractivity contribution in [3.63, 3.8) is 0 Å². The fourth-order valence-electron chi connectivity index (χ4n) is 2.89. The van der Waals surface area contributed by atoms with Crippen LogP contribution in [0.25, 0.3) is 0 Å². The number of rotatable bonds is 4. The topological polar surface area (TPSA) is 38.3 Å². The summed E-state index contributed by atoms with van der Waals surface area (Å²) in [5, 5.41) is 3.47. The van der Waals surface area contributed by atoms with E-state index in [9.17, 15) is 4.79 Å². The molecule has 0 bridgehead atoms. The van der Waals surface area contributed by atoms with Crippen molar-refractivity contribution < 1.29 is 9.53 Å². The molecule has 0 saturated carbocycles. The predicted octanol–water partition coefficient (Wildman–Crippen LogP) is 3.92. The van der Waals surface area contributed by atoms with Gasteiger partial charge in [0.2, 0.25) is 0 Å². The van der Waals surface area contributed by atoms with E-state index in [1.54, 1.807) is 0 Å². The molecule has 2 atom stereocenters. The quantitative estimate of drug-likeness (QED) is 0.864. The van der Waals surface area contributed by atoms with Gasteiger partial charge >= 0.3 is 5.97 Å². The van der Waals surface area contributed by atoms with Gasteiger partial charge in [-0.2, -0.15) is 0 Å². The molecule has 2 aromatic rings. The number of carbonyl (C=O) groups is 1. The molecule has 1 aliphatic heterocycles. The molecule has 120 valence electrons. The number of esters is 1. The average Bonchev–Trinajstić information content (AvgIpc) is 2.73. The molecule has 0 spiro atoms. The molecular formula is C19H21NO2S. The molecule has 0 fully saturated rings. The monoisotopic (exact) mass is 327 g/mol. The van der Waals surface area contributed by atoms with E-state index in [-0.39, 0.29) is 18.1 Å². The molecular weight excluding hydrogens is 306 g/mol. The van der Waals surface area contributed by atoms with Crippen LogP contribution in [0.3, 0.4) is 0 Å². The third-order valence-electron chi connectivity index (χ3n) is 4.04. The van der Waals surface area contributed by atoms with Gasteiger partial charge in [0, 0.05) is 10.6 Å². The molecule has 0 amide bonds. The van der Waals surface area contributed by atoms with E-state index >= 15 is 0 Å². The lowest BCUT2D eigenvalue weighted by atomic mass is 9.94. The van der Waals surface area contributed by atoms with Gasteiger partial charge < -0.3 is 4.74 Å². The molecule has 2 aromatic carbocycles. The number of fused-ring (bicyclic) bond motifs is 2. The summed E-state index contributed by atoms with van der Waals surface area (Å²) in [5.74, 6) is 0.735. The highest BCUT2D eigenvalue weighted by molar-refractivity contribution is 7.98. The maximum absolute atomic E-state index is 12.0. The van der Waals surface area contributed by atoms with Crippen molar-refractivity contribution in [2.24, 2.45) is 0 Å². The molecule has 3 nitrogen and oxygen atoms in total. The summed E-state index contributed by atoms with van der Waals surface area (Å²) >= 11 is 1.85. The van der Waals surface area contributed by atoms with Crippen LogP contribution in [0.1, 0.15) is 36.6 Å². The van der Waals surface area contributed by atoms with Crippen LogP contribution in [0, 0.1) is 0 Å². The Hall–Kier alpha value is -1.78. The maximum atomic E-state index is 12.0. The molecule has 0 aliphatic carbocycles. The van der Waals surface area contributed by atoms with Crippen LogP contribution in [-0.2, 0) is 15.3 Å². The molecule has 0 radical (unpaired) electrons. The van der Waals surface area contributed by atoms with Gasteiger partial charge in [-0.25, -0.2) is 0 Å². The molecule has 4 heteroatoms. The SMILES string of the molecule is CCOC(=O)[C@H](C)NC1c2ccccc2CSc2ccccc21. The standard InChI is InChI=1S/C19H21NO2S/c1-3-22-19(21)13(2)20-18-15-9-5-4-8-14(15)12-23-17-11-7-6-10-16(17)18/h4-11,13,18,20H,3,12H2,1-2H3/t13-,18?/m0/s1. The summed E-state index contributed by atoms with van der Waals surface area (Å²) in [7, 11) is 0. The van der Waals surface area contributed by atoms with Crippen molar-refractivity contribution in [3.05, 3.63) is 65.2 Å². The first-order chi connectivity index (χ1) is 11.2. The third kappa shape index (κ3) is 3.43. The van der Waals surface area contributed by atoms with Crippen LogP contribution in [0.4, 0.5) is 0 Å². The summed E-state index contributed by atoms with van der Waals surface area (Å²) in [6.45, 7) is 4.09. The smallest absolute Gasteiger partial charge is 0.322 e. The van der Waals surface area contributed by atoms with Crippen molar-refractivity contribution in [3.8, 4) is 0 Å². The minimum absolute atomic E-state index is 0.00296. The van der Waals surface area contributed by atoms with Crippen LogP contribution in [0.15, 0.2) is 53.4 Å². The fourth-order valence-corrected chi connectivity index (χ4v) is 3.99. The van der Waals surface area contributed by atoms with Crippen molar-refractivity contribution in [1.29, 1.82) is 0 Å². The van der Waals surface area contributed by atoms with Crippen molar-refractivity contribution in [2.45, 2.75) is 36.6 Å². The molecule has 1 N–H and O–H groups in total. The van der Waals surface area contributed by atoms with Gasteiger partial charge in [-0.3, -0.25) is 10.1 Å². The zero-order valence-corrected chi connectivity index (χ0v) is 14.2. The number of benzene rings is 2. The lowest BCUT2D eigenvalue weighted by Crippen LogP contribution is -2.38. The fraction of sp³-hybridized carbons (Fsp3) is 0.316. The van der Waals surface area contributed by atoms with Crippen molar-refractivity contribution in [1.82, 2.24) is 5.32 Å². The Morgan fingerprint density at radius 3 is 2.70 bits per heavy atom. The van der Waals surface area contributed by atoms with Gasteiger partial charge in [0.25, 0.3) is 0 Å². The highest BCUT2D eigenvalue weighted by Crippen LogP contribution is 2.39. The summed E-state index contributed by atoms with van der Waals surface area (Å²) in [6.07, 6.45) is 0. The Labute approximate surface area is 141 Å². The second-order valence-electron chi connectivity index (χ2n) is 5.60. The van der Waals surface area contributed by atoms with E-state index in [0.717, 1.165) is 5.75 Å². The minimum Gasteiger partial charge on any atom is -0.465 e. The normalized spacial score (nSPS) is 17.6. The first kappa shape index (κ1) is 16.1. The third-order valence-corrected chi connectivity index (χ3v) is 5.17. The van der Waals surface area contributed by atoms with E-state index in [2.05, 4.69) is 53.8 Å². The van der Waals surface area contributed by atoms with Crippen LogP contribution < -0.4 is 5.32 Å². The van der Waals surface area contributed by atoms with E-state index in [1.165, 1.54) is 21.6 Å². The summed E-state index contributed by atoms with van der Waals surface area (Å²) < 4.78 is 5.15. The van der Waals surface area contributed by atoms with Gasteiger partial charge in [0.05, 0.1) is 12.6 Å². The minimum atomic E-state index is -0.357. The van der Waals surface area contributed by atoms with E-state index in [0.29, 0.717) is 6.61 Å². The number of nitrogens with one attached hydrogen (secondary N) is 1. The highest BCUT2D eigenvalue weighted by atomic mass is 32.2. The number of hydrogen-bond acceptors (Lipinski definition) is 4. The second-order valence-corrected chi connectivity index (χ2v) is 6.62. The van der Waals surface area contributed by atoms with Crippen LogP contribution in [0.5, 0.6) is 0 Å². The largest absolute Gasteiger partial charge is 0.465 e. The van der Waals surface area contributed by atoms with E-state index in [4.69, 9.17) is 4.74 Å². The highest BCUT2D eigenvalue weighted by Gasteiger charge is 2.27. The summed E-state index contributed by atoms with van der Waals surface area (Å²) in [4.78, 5) is 13.3. The van der Waals surface area contributed by atoms with Gasteiger partial charge in [-0.05, 0) is 36.6 Å². The molecule has 1 heterocycles. The summed E-state index contributed by atoms with van der Waals surface area (Å²) in [6, 6.07) is 16.5. The molecule has 3 rings (SSSR count). The van der Waals surface area contributed by atoms with Crippen molar-refractivity contribution in [2.75, 3.05) is 6.61 Å². The van der Waals surface area contributed by atoms with E-state index < -0.39 is 0 Å². The Morgan fingerprint density at radius 2 is 1.91 bits per heavy atom. The molecule has 0 aromatic heterocycles. The summed E-state index contributed by atoms with van der Waals surface area (Å²) in [5.41, 5.74) is 3.77. The molecule has 23 heavy (non-hydrogen) atoms. The van der Waals surface area contributed by atoms with Crippen LogP contribution in [0.2, 0.25) is 0 Å². The first-order valence-electron chi connectivity index (χ1n) is 7.93. The van der Waals surface area contributed by atoms with Gasteiger partial charge in [0.1, 0.15) is 6.04 Å². The Morgan fingerprint density at radius 1 is 1.22 bits per heavy atom. The lowest BCUT2D eigenvalue weighted by Gasteiger charge is -2.24. The first-order valence-corrected chi connectivity index (χ1v) is 8.91. The molecule has 0 saturated heterocycles. The number of hydrogen-bond donors (Lipinski definition) is 1. The Bertz CT molecular complexity index is 654. The molecule has 1 aliphatic rings. The zero-order chi connectivity index (χ0) is 16.2. The Balaban J connectivity index is 1.98. The van der Waals surface area contributed by atoms with Crippen LogP contribution >= 0.6 is 11.8 Å². The zero-order valence-electron chi connectivity index (χ0n) is 13.4.